The molecule has 0 bridgehead atoms. The molecule has 1 saturated heterocycles. The second kappa shape index (κ2) is 3.92. The molecule has 0 unspecified atom stereocenters. The van der Waals surface area contributed by atoms with E-state index in [1.54, 1.807) is 0 Å². The molecule has 4 nitrogen and oxygen atoms in total. The zero-order chi connectivity index (χ0) is 10.1. The maximum Gasteiger partial charge on any atom is 0.163 e. The summed E-state index contributed by atoms with van der Waals surface area (Å²) in [5.74, 6) is -0.654. The quantitative estimate of drug-likeness (QED) is 0.573. The van der Waals surface area contributed by atoms with Crippen LogP contribution in [-0.2, 0) is 9.47 Å². The van der Waals surface area contributed by atoms with Gasteiger partial charge in [0.05, 0.1) is 18.8 Å². The van der Waals surface area contributed by atoms with E-state index in [1.807, 2.05) is 20.8 Å². The Balaban J connectivity index is 2.61. The molecule has 1 aliphatic rings. The molecule has 13 heavy (non-hydrogen) atoms. The summed E-state index contributed by atoms with van der Waals surface area (Å²) in [6, 6.07) is -0.111. The largest absolute Gasteiger partial charge is 0.390 e. The Morgan fingerprint density at radius 3 is 2.69 bits per heavy atom. The highest BCUT2D eigenvalue weighted by atomic mass is 16.7. The first-order chi connectivity index (χ1) is 5.91. The molecule has 0 aromatic rings. The summed E-state index contributed by atoms with van der Waals surface area (Å²) in [6.45, 7) is 5.91. The molecule has 3 N–H and O–H groups in total. The Kier molecular flexibility index (Phi) is 3.29. The number of ether oxygens (including phenoxy) is 2. The SMILES string of the molecule is C[C@@H]1OC(C)(C)OC[C@H](N)C[C@@H]1O. The third-order valence-corrected chi connectivity index (χ3v) is 2.20. The van der Waals surface area contributed by atoms with Crippen LogP contribution >= 0.6 is 0 Å². The van der Waals surface area contributed by atoms with E-state index in [9.17, 15) is 5.11 Å². The third-order valence-electron chi connectivity index (χ3n) is 2.20. The lowest BCUT2D eigenvalue weighted by molar-refractivity contribution is -0.260. The van der Waals surface area contributed by atoms with Gasteiger partial charge in [-0.15, -0.1) is 0 Å². The number of rotatable bonds is 0. The van der Waals surface area contributed by atoms with Crippen molar-refractivity contribution in [2.75, 3.05) is 6.61 Å². The van der Waals surface area contributed by atoms with Crippen LogP contribution in [0.2, 0.25) is 0 Å². The molecule has 0 aromatic heterocycles. The number of hydrogen-bond acceptors (Lipinski definition) is 4. The van der Waals surface area contributed by atoms with Gasteiger partial charge < -0.3 is 20.3 Å². The van der Waals surface area contributed by atoms with Gasteiger partial charge in [0.15, 0.2) is 5.79 Å². The van der Waals surface area contributed by atoms with E-state index in [0.717, 1.165) is 0 Å². The predicted molar refractivity (Wildman–Crippen MR) is 49.2 cm³/mol. The van der Waals surface area contributed by atoms with Crippen molar-refractivity contribution in [3.63, 3.8) is 0 Å². The van der Waals surface area contributed by atoms with Gasteiger partial charge in [0.1, 0.15) is 0 Å². The van der Waals surface area contributed by atoms with Gasteiger partial charge in [-0.3, -0.25) is 0 Å². The fourth-order valence-corrected chi connectivity index (χ4v) is 1.44. The van der Waals surface area contributed by atoms with Gasteiger partial charge in [-0.2, -0.15) is 0 Å². The van der Waals surface area contributed by atoms with Crippen molar-refractivity contribution in [3.8, 4) is 0 Å². The minimum atomic E-state index is -0.654. The first-order valence-corrected chi connectivity index (χ1v) is 4.66. The van der Waals surface area contributed by atoms with Crippen LogP contribution in [-0.4, -0.2) is 35.8 Å². The van der Waals surface area contributed by atoms with Crippen LogP contribution in [0.15, 0.2) is 0 Å². The van der Waals surface area contributed by atoms with Crippen molar-refractivity contribution in [2.45, 2.75) is 51.2 Å². The summed E-state index contributed by atoms with van der Waals surface area (Å²) in [6.07, 6.45) is -0.212. The topological polar surface area (TPSA) is 64.7 Å². The zero-order valence-electron chi connectivity index (χ0n) is 8.49. The van der Waals surface area contributed by atoms with Crippen molar-refractivity contribution in [1.82, 2.24) is 0 Å². The minimum absolute atomic E-state index is 0.111. The van der Waals surface area contributed by atoms with Crippen LogP contribution in [0.3, 0.4) is 0 Å². The number of aliphatic hydroxyl groups excluding tert-OH is 1. The standard InChI is InChI=1S/C9H19NO3/c1-6-8(11)4-7(10)5-12-9(2,3)13-6/h6-8,11H,4-5,10H2,1-3H3/t6-,7+,8-/m0/s1. The number of nitrogens with two attached hydrogens (primary N) is 1. The third kappa shape index (κ3) is 3.23. The highest BCUT2D eigenvalue weighted by Gasteiger charge is 2.30. The molecule has 0 aromatic carbocycles. The van der Waals surface area contributed by atoms with Gasteiger partial charge in [0, 0.05) is 6.04 Å². The average Bonchev–Trinajstić information content (AvgIpc) is 1.99. The molecule has 0 spiro atoms. The molecule has 0 saturated carbocycles. The Morgan fingerprint density at radius 2 is 2.08 bits per heavy atom. The van der Waals surface area contributed by atoms with Crippen LogP contribution < -0.4 is 5.73 Å². The normalized spacial score (nSPS) is 40.8. The lowest BCUT2D eigenvalue weighted by Crippen LogP contribution is -2.46. The van der Waals surface area contributed by atoms with Crippen LogP contribution in [0, 0.1) is 0 Å². The molecule has 0 aliphatic carbocycles. The molecule has 1 rings (SSSR count). The van der Waals surface area contributed by atoms with Gasteiger partial charge in [0.25, 0.3) is 0 Å². The lowest BCUT2D eigenvalue weighted by atomic mass is 10.1. The molecular weight excluding hydrogens is 170 g/mol. The molecule has 1 fully saturated rings. The summed E-state index contributed by atoms with van der Waals surface area (Å²) >= 11 is 0. The van der Waals surface area contributed by atoms with E-state index < -0.39 is 11.9 Å². The van der Waals surface area contributed by atoms with Crippen LogP contribution in [0.4, 0.5) is 0 Å². The van der Waals surface area contributed by atoms with Gasteiger partial charge in [0.2, 0.25) is 0 Å². The van der Waals surface area contributed by atoms with Crippen molar-refractivity contribution >= 4 is 0 Å². The minimum Gasteiger partial charge on any atom is -0.390 e. The van der Waals surface area contributed by atoms with E-state index in [2.05, 4.69) is 0 Å². The van der Waals surface area contributed by atoms with Crippen molar-refractivity contribution < 1.29 is 14.6 Å². The summed E-state index contributed by atoms with van der Waals surface area (Å²) in [5.41, 5.74) is 5.74. The summed E-state index contributed by atoms with van der Waals surface area (Å²) in [4.78, 5) is 0. The maximum atomic E-state index is 9.62. The molecule has 78 valence electrons. The number of hydrogen-bond donors (Lipinski definition) is 2. The van der Waals surface area contributed by atoms with Crippen LogP contribution in [0.25, 0.3) is 0 Å². The van der Waals surface area contributed by atoms with E-state index in [0.29, 0.717) is 13.0 Å². The second-order valence-electron chi connectivity index (χ2n) is 4.10. The smallest absolute Gasteiger partial charge is 0.163 e. The van der Waals surface area contributed by atoms with Gasteiger partial charge in [-0.1, -0.05) is 0 Å². The predicted octanol–water partition coefficient (Wildman–Crippen LogP) is 0.236. The molecule has 1 heterocycles. The van der Waals surface area contributed by atoms with Gasteiger partial charge in [-0.05, 0) is 27.2 Å². The van der Waals surface area contributed by atoms with E-state index in [1.165, 1.54) is 0 Å². The number of aliphatic hydroxyl groups is 1. The van der Waals surface area contributed by atoms with Crippen LogP contribution in [0.1, 0.15) is 27.2 Å². The molecule has 3 atom stereocenters. The molecule has 4 heteroatoms. The Labute approximate surface area is 79.0 Å². The second-order valence-corrected chi connectivity index (χ2v) is 4.10. The van der Waals surface area contributed by atoms with Crippen molar-refractivity contribution in [3.05, 3.63) is 0 Å². The van der Waals surface area contributed by atoms with Gasteiger partial charge in [-0.25, -0.2) is 0 Å². The van der Waals surface area contributed by atoms with E-state index >= 15 is 0 Å². The fourth-order valence-electron chi connectivity index (χ4n) is 1.44. The van der Waals surface area contributed by atoms with Gasteiger partial charge >= 0.3 is 0 Å². The summed E-state index contributed by atoms with van der Waals surface area (Å²) < 4.78 is 11.0. The average molecular weight is 189 g/mol. The Morgan fingerprint density at radius 1 is 1.46 bits per heavy atom. The first-order valence-electron chi connectivity index (χ1n) is 4.66. The van der Waals surface area contributed by atoms with Crippen LogP contribution in [0.5, 0.6) is 0 Å². The maximum absolute atomic E-state index is 9.62. The molecule has 1 aliphatic heterocycles. The molecule has 0 radical (unpaired) electrons. The van der Waals surface area contributed by atoms with E-state index in [-0.39, 0.29) is 12.1 Å². The highest BCUT2D eigenvalue weighted by molar-refractivity contribution is 4.76. The zero-order valence-corrected chi connectivity index (χ0v) is 8.49. The Bertz CT molecular complexity index is 172. The highest BCUT2D eigenvalue weighted by Crippen LogP contribution is 2.20. The Hall–Kier alpha value is -0.160. The fraction of sp³-hybridized carbons (Fsp3) is 1.00. The monoisotopic (exact) mass is 189 g/mol. The summed E-state index contributed by atoms with van der Waals surface area (Å²) in [7, 11) is 0. The first kappa shape index (κ1) is 10.9. The molecule has 0 amide bonds. The van der Waals surface area contributed by atoms with Crippen molar-refractivity contribution in [2.24, 2.45) is 5.73 Å². The van der Waals surface area contributed by atoms with Crippen molar-refractivity contribution in [1.29, 1.82) is 0 Å². The molecular formula is C9H19NO3. The summed E-state index contributed by atoms with van der Waals surface area (Å²) in [5, 5.41) is 9.62. The lowest BCUT2D eigenvalue weighted by Gasteiger charge is -2.35. The van der Waals surface area contributed by atoms with E-state index in [4.69, 9.17) is 15.2 Å².